The Labute approximate surface area is 246 Å². The van der Waals surface area contributed by atoms with E-state index in [0.29, 0.717) is 12.7 Å². The van der Waals surface area contributed by atoms with E-state index in [1.54, 1.807) is 0 Å². The van der Waals surface area contributed by atoms with Gasteiger partial charge in [-0.15, -0.1) is 0 Å². The van der Waals surface area contributed by atoms with E-state index in [4.69, 9.17) is 9.47 Å². The van der Waals surface area contributed by atoms with Gasteiger partial charge in [0, 0.05) is 12.3 Å². The van der Waals surface area contributed by atoms with E-state index in [1.165, 1.54) is 4.90 Å². The second kappa shape index (κ2) is 13.3. The van der Waals surface area contributed by atoms with Gasteiger partial charge in [0.05, 0.1) is 30.8 Å². The van der Waals surface area contributed by atoms with E-state index in [1.807, 2.05) is 64.1 Å². The molecule has 224 valence electrons. The van der Waals surface area contributed by atoms with Gasteiger partial charge in [-0.1, -0.05) is 61.9 Å². The van der Waals surface area contributed by atoms with Crippen molar-refractivity contribution in [1.29, 1.82) is 0 Å². The molecule has 2 N–H and O–H groups in total. The van der Waals surface area contributed by atoms with Crippen LogP contribution in [0.1, 0.15) is 64.0 Å². The van der Waals surface area contributed by atoms with Crippen molar-refractivity contribution >= 4 is 30.0 Å². The summed E-state index contributed by atoms with van der Waals surface area (Å²) in [4.78, 5) is 64.0. The molecule has 0 radical (unpaired) electrons. The quantitative estimate of drug-likeness (QED) is 0.309. The number of Topliss-reactive ketones (excluding diaryl/α,β-unsaturated/α-hetero) is 1. The number of benzene rings is 2. The molecule has 0 aromatic heterocycles. The molecule has 2 aromatic carbocycles. The third kappa shape index (κ3) is 7.05. The second-order valence-electron chi connectivity index (χ2n) is 11.7. The van der Waals surface area contributed by atoms with Gasteiger partial charge in [0.1, 0.15) is 18.9 Å². The summed E-state index contributed by atoms with van der Waals surface area (Å²) >= 11 is 0. The lowest BCUT2D eigenvalue weighted by molar-refractivity contribution is -0.140. The van der Waals surface area contributed by atoms with Crippen LogP contribution >= 0.6 is 0 Å². The van der Waals surface area contributed by atoms with E-state index in [2.05, 4.69) is 22.8 Å². The maximum Gasteiger partial charge on any atom is 0.410 e. The summed E-state index contributed by atoms with van der Waals surface area (Å²) in [7, 11) is 0. The maximum atomic E-state index is 13.5. The summed E-state index contributed by atoms with van der Waals surface area (Å²) in [5, 5.41) is 4.88. The molecule has 1 saturated heterocycles. The number of amides is 3. The minimum atomic E-state index is -1.10. The fourth-order valence-corrected chi connectivity index (χ4v) is 5.72. The number of carbonyl (C=O) groups excluding carboxylic acids is 5. The van der Waals surface area contributed by atoms with Crippen molar-refractivity contribution in [2.75, 3.05) is 19.7 Å². The molecule has 10 heteroatoms. The van der Waals surface area contributed by atoms with Crippen molar-refractivity contribution in [3.63, 3.8) is 0 Å². The normalized spacial score (nSPS) is 18.5. The smallest absolute Gasteiger partial charge is 0.410 e. The van der Waals surface area contributed by atoms with E-state index in [9.17, 15) is 24.0 Å². The number of ketones is 1. The Hall–Kier alpha value is -4.05. The molecule has 1 heterocycles. The van der Waals surface area contributed by atoms with Crippen LogP contribution in [0.3, 0.4) is 0 Å². The van der Waals surface area contributed by atoms with Gasteiger partial charge < -0.3 is 24.9 Å². The van der Waals surface area contributed by atoms with Crippen LogP contribution in [-0.4, -0.2) is 78.4 Å². The Kier molecular flexibility index (Phi) is 9.78. The predicted octanol–water partition coefficient (Wildman–Crippen LogP) is 3.36. The zero-order chi connectivity index (χ0) is 30.4. The molecule has 1 fully saturated rings. The van der Waals surface area contributed by atoms with E-state index in [0.717, 1.165) is 22.3 Å². The molecule has 3 amide bonds. The number of hydrogen-bond acceptors (Lipinski definition) is 7. The number of hydrogen-bond donors (Lipinski definition) is 2. The predicted molar refractivity (Wildman–Crippen MR) is 156 cm³/mol. The Bertz CT molecular complexity index is 1290. The average Bonchev–Trinajstić information content (AvgIpc) is 3.52. The fourth-order valence-electron chi connectivity index (χ4n) is 5.72. The van der Waals surface area contributed by atoms with Crippen LogP contribution in [0.15, 0.2) is 48.5 Å². The largest absolute Gasteiger partial charge is 0.448 e. The highest BCUT2D eigenvalue weighted by Crippen LogP contribution is 2.44. The van der Waals surface area contributed by atoms with Crippen molar-refractivity contribution in [2.24, 2.45) is 0 Å². The van der Waals surface area contributed by atoms with Crippen LogP contribution < -0.4 is 10.6 Å². The number of ether oxygens (including phenoxy) is 2. The Morgan fingerprint density at radius 1 is 1.02 bits per heavy atom. The van der Waals surface area contributed by atoms with Crippen molar-refractivity contribution < 1.29 is 33.4 Å². The third-order valence-corrected chi connectivity index (χ3v) is 7.44. The van der Waals surface area contributed by atoms with Crippen LogP contribution in [0.5, 0.6) is 0 Å². The number of rotatable bonds is 11. The minimum absolute atomic E-state index is 0.0936. The Balaban J connectivity index is 1.50. The van der Waals surface area contributed by atoms with Gasteiger partial charge in [-0.25, -0.2) is 4.79 Å². The number of nitrogens with one attached hydrogen (secondary N) is 2. The van der Waals surface area contributed by atoms with Gasteiger partial charge in [-0.2, -0.15) is 0 Å². The average molecular weight is 578 g/mol. The van der Waals surface area contributed by atoms with Gasteiger partial charge in [0.2, 0.25) is 11.7 Å². The molecule has 1 aliphatic carbocycles. The molecule has 4 rings (SSSR count). The molecule has 1 aliphatic heterocycles. The number of carbonyl (C=O) groups is 5. The second-order valence-corrected chi connectivity index (χ2v) is 11.7. The summed E-state index contributed by atoms with van der Waals surface area (Å²) in [6, 6.07) is 14.0. The first-order valence-electron chi connectivity index (χ1n) is 14.4. The monoisotopic (exact) mass is 577 g/mol. The van der Waals surface area contributed by atoms with Crippen molar-refractivity contribution in [3.8, 4) is 11.1 Å². The van der Waals surface area contributed by atoms with Crippen LogP contribution in [0.25, 0.3) is 11.1 Å². The standard InChI is InChI=1S/C32H39N3O7/c1-5-10-26(28(37)30(39)33-15-16-36)34-29(38)27-17-20(42-32(2,3)4)18-35(27)31(40)41-19-25-23-13-8-6-11-21(23)22-12-7-9-14-24(22)25/h6-9,11-14,16,20,25-27H,5,10,15,17-19H2,1-4H3,(H,33,39)(H,34,38)/t20?,26?,27-/m0/s1. The molecule has 10 nitrogen and oxygen atoms in total. The highest BCUT2D eigenvalue weighted by molar-refractivity contribution is 6.38. The van der Waals surface area contributed by atoms with Gasteiger partial charge in [0.15, 0.2) is 0 Å². The van der Waals surface area contributed by atoms with Crippen LogP contribution in [0.4, 0.5) is 4.79 Å². The van der Waals surface area contributed by atoms with Crippen LogP contribution in [0, 0.1) is 0 Å². The first-order chi connectivity index (χ1) is 20.0. The first kappa shape index (κ1) is 30.9. The molecular formula is C32H39N3O7. The lowest BCUT2D eigenvalue weighted by atomic mass is 9.98. The lowest BCUT2D eigenvalue weighted by Crippen LogP contribution is -2.53. The summed E-state index contributed by atoms with van der Waals surface area (Å²) in [5.74, 6) is -2.51. The summed E-state index contributed by atoms with van der Waals surface area (Å²) < 4.78 is 12.0. The first-order valence-corrected chi connectivity index (χ1v) is 14.4. The van der Waals surface area contributed by atoms with Crippen LogP contribution in [-0.2, 0) is 28.7 Å². The minimum Gasteiger partial charge on any atom is -0.448 e. The molecular weight excluding hydrogens is 538 g/mol. The van der Waals surface area contributed by atoms with Crippen molar-refractivity contribution in [3.05, 3.63) is 59.7 Å². The highest BCUT2D eigenvalue weighted by atomic mass is 16.6. The van der Waals surface area contributed by atoms with E-state index >= 15 is 0 Å². The SMILES string of the molecule is CCCC(NC(=O)[C@@H]1CC(OC(C)(C)C)CN1C(=O)OCC1c2ccccc2-c2ccccc21)C(=O)C(=O)NCC=O. The zero-order valence-electron chi connectivity index (χ0n) is 24.6. The maximum absolute atomic E-state index is 13.5. The van der Waals surface area contributed by atoms with Gasteiger partial charge >= 0.3 is 6.09 Å². The zero-order valence-corrected chi connectivity index (χ0v) is 24.6. The van der Waals surface area contributed by atoms with Gasteiger partial charge in [0.25, 0.3) is 5.91 Å². The molecule has 0 saturated carbocycles. The van der Waals surface area contributed by atoms with Crippen molar-refractivity contribution in [2.45, 2.75) is 76.7 Å². The molecule has 2 aliphatic rings. The molecule has 0 spiro atoms. The topological polar surface area (TPSA) is 131 Å². The summed E-state index contributed by atoms with van der Waals surface area (Å²) in [6.07, 6.45) is 0.333. The number of aldehydes is 1. The number of nitrogens with zero attached hydrogens (tertiary/aromatic N) is 1. The summed E-state index contributed by atoms with van der Waals surface area (Å²) in [5.41, 5.74) is 3.85. The lowest BCUT2D eigenvalue weighted by Gasteiger charge is -2.26. The summed E-state index contributed by atoms with van der Waals surface area (Å²) in [6.45, 7) is 7.43. The molecule has 2 unspecified atom stereocenters. The van der Waals surface area contributed by atoms with Crippen molar-refractivity contribution in [1.82, 2.24) is 15.5 Å². The molecule has 3 atom stereocenters. The molecule has 2 aromatic rings. The molecule has 42 heavy (non-hydrogen) atoms. The van der Waals surface area contributed by atoms with Crippen LogP contribution in [0.2, 0.25) is 0 Å². The van der Waals surface area contributed by atoms with Gasteiger partial charge in [-0.3, -0.25) is 19.3 Å². The molecule has 0 bridgehead atoms. The number of likely N-dealkylation sites (tertiary alicyclic amines) is 1. The third-order valence-electron chi connectivity index (χ3n) is 7.44. The van der Waals surface area contributed by atoms with Gasteiger partial charge in [-0.05, 0) is 49.4 Å². The Morgan fingerprint density at radius 2 is 1.64 bits per heavy atom. The van der Waals surface area contributed by atoms with E-state index < -0.39 is 47.5 Å². The number of fused-ring (bicyclic) bond motifs is 3. The highest BCUT2D eigenvalue weighted by Gasteiger charge is 2.44. The van der Waals surface area contributed by atoms with E-state index in [-0.39, 0.29) is 38.5 Å². The Morgan fingerprint density at radius 3 is 2.21 bits per heavy atom. The fraction of sp³-hybridized carbons (Fsp3) is 0.469.